The zero-order valence-corrected chi connectivity index (χ0v) is 11.3. The molecule has 0 aliphatic heterocycles. The molecule has 7 heteroatoms. The van der Waals surface area contributed by atoms with Crippen molar-refractivity contribution in [1.82, 2.24) is 4.31 Å². The van der Waals surface area contributed by atoms with Crippen LogP contribution in [0.15, 0.2) is 22.7 Å². The Balaban J connectivity index is 3.01. The van der Waals surface area contributed by atoms with E-state index in [1.165, 1.54) is 14.1 Å². The molecule has 0 saturated heterocycles. The van der Waals surface area contributed by atoms with Crippen LogP contribution in [0.1, 0.15) is 0 Å². The summed E-state index contributed by atoms with van der Waals surface area (Å²) in [6.07, 6.45) is 0. The summed E-state index contributed by atoms with van der Waals surface area (Å²) in [5.74, 6) is 0. The molecule has 1 N–H and O–H groups in total. The van der Waals surface area contributed by atoms with E-state index in [4.69, 9.17) is 11.6 Å². The van der Waals surface area contributed by atoms with Crippen LogP contribution in [-0.2, 0) is 10.2 Å². The summed E-state index contributed by atoms with van der Waals surface area (Å²) in [6, 6.07) is 4.82. The summed E-state index contributed by atoms with van der Waals surface area (Å²) >= 11 is 8.95. The van der Waals surface area contributed by atoms with Gasteiger partial charge < -0.3 is 0 Å². The number of hydrogen-bond donors (Lipinski definition) is 1. The fourth-order valence-electron chi connectivity index (χ4n) is 0.802. The zero-order valence-electron chi connectivity index (χ0n) is 8.16. The molecule has 0 aliphatic carbocycles. The molecule has 0 fully saturated rings. The standard InChI is InChI=1S/C8H10BrClN2O2S/c1-12(2)15(13,14)11-8-4-3-6(10)5-7(8)9/h3-5,11H,1-2H3. The molecule has 0 bridgehead atoms. The Labute approximate surface area is 103 Å². The maximum absolute atomic E-state index is 11.5. The minimum Gasteiger partial charge on any atom is -0.270 e. The van der Waals surface area contributed by atoms with Gasteiger partial charge in [0.25, 0.3) is 0 Å². The van der Waals surface area contributed by atoms with E-state index in [2.05, 4.69) is 20.7 Å². The molecule has 0 unspecified atom stereocenters. The third-order valence-electron chi connectivity index (χ3n) is 1.65. The highest BCUT2D eigenvalue weighted by atomic mass is 79.9. The van der Waals surface area contributed by atoms with Gasteiger partial charge in [-0.1, -0.05) is 11.6 Å². The Morgan fingerprint density at radius 1 is 1.40 bits per heavy atom. The third-order valence-corrected chi connectivity index (χ3v) is 3.98. The quantitative estimate of drug-likeness (QED) is 0.931. The van der Waals surface area contributed by atoms with Crippen molar-refractivity contribution >= 4 is 43.4 Å². The van der Waals surface area contributed by atoms with Gasteiger partial charge in [-0.05, 0) is 34.1 Å². The van der Waals surface area contributed by atoms with Gasteiger partial charge in [-0.25, -0.2) is 0 Å². The Bertz CT molecular complexity index is 462. The maximum Gasteiger partial charge on any atom is 0.301 e. The van der Waals surface area contributed by atoms with Crippen LogP contribution in [0.25, 0.3) is 0 Å². The maximum atomic E-state index is 11.5. The van der Waals surface area contributed by atoms with Gasteiger partial charge in [0.15, 0.2) is 0 Å². The molecule has 0 aliphatic rings. The van der Waals surface area contributed by atoms with Gasteiger partial charge in [0.05, 0.1) is 5.69 Å². The molecule has 0 heterocycles. The van der Waals surface area contributed by atoms with E-state index in [0.29, 0.717) is 15.2 Å². The average Bonchev–Trinajstić information content (AvgIpc) is 2.09. The lowest BCUT2D eigenvalue weighted by Gasteiger charge is -2.14. The largest absolute Gasteiger partial charge is 0.301 e. The Morgan fingerprint density at radius 2 is 2.00 bits per heavy atom. The van der Waals surface area contributed by atoms with E-state index in [9.17, 15) is 8.42 Å². The first-order valence-electron chi connectivity index (χ1n) is 3.98. The smallest absolute Gasteiger partial charge is 0.270 e. The molecule has 0 spiro atoms. The molecule has 0 aromatic heterocycles. The lowest BCUT2D eigenvalue weighted by Crippen LogP contribution is -2.29. The van der Waals surface area contributed by atoms with Crippen LogP contribution in [-0.4, -0.2) is 26.8 Å². The first-order chi connectivity index (χ1) is 6.83. The molecular weight excluding hydrogens is 304 g/mol. The van der Waals surface area contributed by atoms with Crippen LogP contribution in [0.2, 0.25) is 5.02 Å². The molecule has 84 valence electrons. The molecule has 1 aromatic carbocycles. The Hall–Kier alpha value is -0.300. The van der Waals surface area contributed by atoms with Crippen molar-refractivity contribution in [3.63, 3.8) is 0 Å². The van der Waals surface area contributed by atoms with E-state index in [1.807, 2.05) is 0 Å². The average molecular weight is 314 g/mol. The molecule has 1 aromatic rings. The first-order valence-corrected chi connectivity index (χ1v) is 6.59. The molecule has 15 heavy (non-hydrogen) atoms. The van der Waals surface area contributed by atoms with Crippen molar-refractivity contribution in [3.05, 3.63) is 27.7 Å². The summed E-state index contributed by atoms with van der Waals surface area (Å²) < 4.78 is 27.1. The first kappa shape index (κ1) is 12.8. The number of benzene rings is 1. The van der Waals surface area contributed by atoms with Gasteiger partial charge >= 0.3 is 10.2 Å². The topological polar surface area (TPSA) is 49.4 Å². The van der Waals surface area contributed by atoms with Gasteiger partial charge in [-0.2, -0.15) is 12.7 Å². The Morgan fingerprint density at radius 3 is 2.47 bits per heavy atom. The molecule has 0 radical (unpaired) electrons. The van der Waals surface area contributed by atoms with Crippen LogP contribution in [0.4, 0.5) is 5.69 Å². The minimum absolute atomic E-state index is 0.452. The SMILES string of the molecule is CN(C)S(=O)(=O)Nc1ccc(Cl)cc1Br. The fourth-order valence-corrected chi connectivity index (χ4v) is 2.35. The molecule has 0 saturated carbocycles. The molecule has 0 amide bonds. The van der Waals surface area contributed by atoms with E-state index in [0.717, 1.165) is 4.31 Å². The van der Waals surface area contributed by atoms with E-state index >= 15 is 0 Å². The second kappa shape index (κ2) is 4.69. The van der Waals surface area contributed by atoms with E-state index in [-0.39, 0.29) is 0 Å². The van der Waals surface area contributed by atoms with Crippen LogP contribution >= 0.6 is 27.5 Å². The predicted octanol–water partition coefficient (Wildman–Crippen LogP) is 2.32. The van der Waals surface area contributed by atoms with Gasteiger partial charge in [-0.15, -0.1) is 0 Å². The lowest BCUT2D eigenvalue weighted by atomic mass is 10.3. The second-order valence-corrected chi connectivity index (χ2v) is 6.19. The van der Waals surface area contributed by atoms with Crippen molar-refractivity contribution in [2.75, 3.05) is 18.8 Å². The number of nitrogens with one attached hydrogen (secondary N) is 1. The van der Waals surface area contributed by atoms with Crippen LogP contribution in [0, 0.1) is 0 Å². The van der Waals surface area contributed by atoms with E-state index in [1.54, 1.807) is 18.2 Å². The summed E-state index contributed by atoms with van der Waals surface area (Å²) in [5, 5.41) is 0.537. The molecule has 4 nitrogen and oxygen atoms in total. The molecule has 0 atom stereocenters. The normalized spacial score (nSPS) is 11.8. The van der Waals surface area contributed by atoms with Gasteiger partial charge in [0.1, 0.15) is 0 Å². The highest BCUT2D eigenvalue weighted by Crippen LogP contribution is 2.26. The van der Waals surface area contributed by atoms with Crippen molar-refractivity contribution < 1.29 is 8.42 Å². The van der Waals surface area contributed by atoms with Crippen molar-refractivity contribution in [3.8, 4) is 0 Å². The highest BCUT2D eigenvalue weighted by molar-refractivity contribution is 9.10. The molecule has 1 rings (SSSR count). The fraction of sp³-hybridized carbons (Fsp3) is 0.250. The van der Waals surface area contributed by atoms with Crippen molar-refractivity contribution in [2.24, 2.45) is 0 Å². The van der Waals surface area contributed by atoms with Crippen LogP contribution in [0.5, 0.6) is 0 Å². The lowest BCUT2D eigenvalue weighted by molar-refractivity contribution is 0.527. The van der Waals surface area contributed by atoms with Crippen molar-refractivity contribution in [2.45, 2.75) is 0 Å². The van der Waals surface area contributed by atoms with Crippen LogP contribution in [0.3, 0.4) is 0 Å². The number of hydrogen-bond acceptors (Lipinski definition) is 2. The van der Waals surface area contributed by atoms with Crippen molar-refractivity contribution in [1.29, 1.82) is 0 Å². The number of halogens is 2. The Kier molecular flexibility index (Phi) is 3.99. The number of rotatable bonds is 3. The summed E-state index contributed by atoms with van der Waals surface area (Å²) in [6.45, 7) is 0. The molecular formula is C8H10BrClN2O2S. The monoisotopic (exact) mass is 312 g/mol. The third kappa shape index (κ3) is 3.34. The van der Waals surface area contributed by atoms with Gasteiger partial charge in [0, 0.05) is 23.6 Å². The summed E-state index contributed by atoms with van der Waals surface area (Å²) in [7, 11) is -0.575. The summed E-state index contributed by atoms with van der Waals surface area (Å²) in [5.41, 5.74) is 0.452. The predicted molar refractivity (Wildman–Crippen MR) is 65.4 cm³/mol. The van der Waals surface area contributed by atoms with Gasteiger partial charge in [0.2, 0.25) is 0 Å². The van der Waals surface area contributed by atoms with Gasteiger partial charge in [-0.3, -0.25) is 4.72 Å². The zero-order chi connectivity index (χ0) is 11.6. The van der Waals surface area contributed by atoms with Crippen LogP contribution < -0.4 is 4.72 Å². The number of nitrogens with zero attached hydrogens (tertiary/aromatic N) is 1. The summed E-state index contributed by atoms with van der Waals surface area (Å²) in [4.78, 5) is 0. The van der Waals surface area contributed by atoms with E-state index < -0.39 is 10.2 Å². The second-order valence-electron chi connectivity index (χ2n) is 3.01. The minimum atomic E-state index is -3.48. The number of anilines is 1. The highest BCUT2D eigenvalue weighted by Gasteiger charge is 2.14.